The first-order chi connectivity index (χ1) is 12.3. The fourth-order valence-electron chi connectivity index (χ4n) is 3.76. The zero-order valence-electron chi connectivity index (χ0n) is 13.4. The Morgan fingerprint density at radius 1 is 0.760 bits per heavy atom. The molecule has 120 valence electrons. The van der Waals surface area contributed by atoms with Crippen LogP contribution in [0.1, 0.15) is 11.1 Å². The number of para-hydroxylation sites is 2. The molecular weight excluding hydrogens is 310 g/mol. The molecule has 0 N–H and O–H groups in total. The third kappa shape index (κ3) is 1.89. The van der Waals surface area contributed by atoms with Crippen molar-refractivity contribution in [1.82, 2.24) is 4.40 Å². The maximum absolute atomic E-state index is 13.2. The van der Waals surface area contributed by atoms with Crippen LogP contribution in [0.15, 0.2) is 77.6 Å². The maximum atomic E-state index is 13.2. The van der Waals surface area contributed by atoms with Crippen LogP contribution < -0.4 is 10.7 Å². The first kappa shape index (κ1) is 14.1. The van der Waals surface area contributed by atoms with Crippen LogP contribution in [-0.2, 0) is 6.42 Å². The molecule has 3 heteroatoms. The van der Waals surface area contributed by atoms with E-state index in [1.165, 1.54) is 0 Å². The first-order valence-electron chi connectivity index (χ1n) is 8.27. The monoisotopic (exact) mass is 324 g/mol. The Morgan fingerprint density at radius 2 is 1.44 bits per heavy atom. The zero-order chi connectivity index (χ0) is 17.0. The van der Waals surface area contributed by atoms with E-state index in [1.807, 2.05) is 72.8 Å². The summed E-state index contributed by atoms with van der Waals surface area (Å²) in [6.45, 7) is 0. The predicted molar refractivity (Wildman–Crippen MR) is 98.6 cm³/mol. The molecule has 0 aliphatic rings. The van der Waals surface area contributed by atoms with Gasteiger partial charge in [0.05, 0.1) is 11.0 Å². The van der Waals surface area contributed by atoms with Crippen molar-refractivity contribution in [3.63, 3.8) is 0 Å². The molecule has 0 bridgehead atoms. The van der Waals surface area contributed by atoms with Gasteiger partial charge in [-0.2, -0.15) is 0 Å². The Bertz CT molecular complexity index is 1290. The van der Waals surface area contributed by atoms with Gasteiger partial charge in [-0.1, -0.05) is 72.5 Å². The van der Waals surface area contributed by atoms with Gasteiger partial charge < -0.3 is 5.11 Å². The van der Waals surface area contributed by atoms with Gasteiger partial charge in [0, 0.05) is 22.8 Å². The Morgan fingerprint density at radius 3 is 2.28 bits per heavy atom. The van der Waals surface area contributed by atoms with Crippen molar-refractivity contribution < 1.29 is 5.11 Å². The number of fused-ring (bicyclic) bond motifs is 3. The van der Waals surface area contributed by atoms with E-state index in [1.54, 1.807) is 4.40 Å². The highest BCUT2D eigenvalue weighted by molar-refractivity contribution is 6.15. The molecule has 5 aromatic rings. The number of benzene rings is 3. The van der Waals surface area contributed by atoms with E-state index < -0.39 is 0 Å². The summed E-state index contributed by atoms with van der Waals surface area (Å²) in [5.41, 5.74) is 2.67. The molecule has 0 amide bonds. The summed E-state index contributed by atoms with van der Waals surface area (Å²) < 4.78 is 1.71. The Kier molecular flexibility index (Phi) is 2.86. The van der Waals surface area contributed by atoms with E-state index in [9.17, 15) is 9.90 Å². The van der Waals surface area contributed by atoms with Crippen LogP contribution in [0.3, 0.4) is 0 Å². The van der Waals surface area contributed by atoms with Gasteiger partial charge in [0.1, 0.15) is 0 Å². The number of pyridine rings is 1. The Labute approximate surface area is 143 Å². The van der Waals surface area contributed by atoms with Gasteiger partial charge in [0.25, 0.3) is 5.56 Å². The molecule has 2 heterocycles. The summed E-state index contributed by atoms with van der Waals surface area (Å²) in [5.74, 6) is -0.158. The van der Waals surface area contributed by atoms with Crippen molar-refractivity contribution in [2.24, 2.45) is 0 Å². The van der Waals surface area contributed by atoms with Gasteiger partial charge in [0.15, 0.2) is 0 Å². The summed E-state index contributed by atoms with van der Waals surface area (Å²) >= 11 is 0. The molecule has 0 saturated carbocycles. The quantitative estimate of drug-likeness (QED) is 0.497. The summed E-state index contributed by atoms with van der Waals surface area (Å²) in [7, 11) is 0. The van der Waals surface area contributed by atoms with Gasteiger partial charge in [-0.3, -0.25) is 9.20 Å². The van der Waals surface area contributed by atoms with Crippen molar-refractivity contribution in [1.29, 1.82) is 0 Å². The van der Waals surface area contributed by atoms with Crippen LogP contribution in [0.4, 0.5) is 0 Å². The molecule has 5 rings (SSSR count). The van der Waals surface area contributed by atoms with Gasteiger partial charge in [-0.15, -0.1) is 0 Å². The van der Waals surface area contributed by atoms with Crippen LogP contribution in [-0.4, -0.2) is 4.40 Å². The number of hydrogen-bond donors (Lipinski definition) is 0. The van der Waals surface area contributed by atoms with Crippen LogP contribution in [0.25, 0.3) is 27.2 Å². The molecule has 0 aliphatic carbocycles. The van der Waals surface area contributed by atoms with E-state index in [-0.39, 0.29) is 11.3 Å². The van der Waals surface area contributed by atoms with Gasteiger partial charge >= 0.3 is 0 Å². The van der Waals surface area contributed by atoms with E-state index in [0.717, 1.165) is 27.4 Å². The lowest BCUT2D eigenvalue weighted by molar-refractivity contribution is -0.267. The fraction of sp³-hybridized carbons (Fsp3) is 0.0455. The van der Waals surface area contributed by atoms with Crippen molar-refractivity contribution in [3.8, 4) is 5.75 Å². The average Bonchev–Trinajstić information content (AvgIpc) is 3.00. The molecule has 3 aromatic carbocycles. The largest absolute Gasteiger partial charge is 0.872 e. The molecule has 0 radical (unpaired) electrons. The second kappa shape index (κ2) is 5.08. The maximum Gasteiger partial charge on any atom is 0.258 e. The lowest BCUT2D eigenvalue weighted by Crippen LogP contribution is -2.21. The lowest BCUT2D eigenvalue weighted by atomic mass is 10.0. The standard InChI is InChI=1S/C22H15NO2/c24-21-17-11-6-10-16-15-9-4-5-12-19(15)23(20(16)17)22(25)18(21)13-14-7-2-1-3-8-14/h1-12,24H,13H2/p-1. The fourth-order valence-corrected chi connectivity index (χ4v) is 3.76. The summed E-state index contributed by atoms with van der Waals surface area (Å²) in [4.78, 5) is 13.2. The van der Waals surface area contributed by atoms with Crippen molar-refractivity contribution in [3.05, 3.63) is 94.3 Å². The highest BCUT2D eigenvalue weighted by atomic mass is 16.3. The van der Waals surface area contributed by atoms with Gasteiger partial charge in [0.2, 0.25) is 0 Å². The smallest absolute Gasteiger partial charge is 0.258 e. The molecule has 0 fully saturated rings. The van der Waals surface area contributed by atoms with Gasteiger partial charge in [-0.05, 0) is 17.0 Å². The second-order valence-electron chi connectivity index (χ2n) is 6.33. The predicted octanol–water partition coefficient (Wildman–Crippen LogP) is 3.71. The van der Waals surface area contributed by atoms with Crippen LogP contribution in [0, 0.1) is 0 Å². The van der Waals surface area contributed by atoms with E-state index >= 15 is 0 Å². The molecule has 3 nitrogen and oxygen atoms in total. The van der Waals surface area contributed by atoms with Crippen LogP contribution in [0.5, 0.6) is 5.75 Å². The van der Waals surface area contributed by atoms with Crippen LogP contribution in [0.2, 0.25) is 0 Å². The van der Waals surface area contributed by atoms with E-state index in [4.69, 9.17) is 0 Å². The molecule has 0 aliphatic heterocycles. The molecule has 0 atom stereocenters. The Balaban J connectivity index is 1.95. The molecule has 0 spiro atoms. The number of nitrogens with zero attached hydrogens (tertiary/aromatic N) is 1. The molecule has 0 saturated heterocycles. The molecular formula is C22H14NO2-. The molecule has 0 unspecified atom stereocenters. The molecule has 2 aromatic heterocycles. The highest BCUT2D eigenvalue weighted by Gasteiger charge is 2.16. The lowest BCUT2D eigenvalue weighted by Gasteiger charge is -2.17. The third-order valence-electron chi connectivity index (χ3n) is 4.90. The van der Waals surface area contributed by atoms with Gasteiger partial charge in [-0.25, -0.2) is 0 Å². The van der Waals surface area contributed by atoms with Crippen molar-refractivity contribution in [2.45, 2.75) is 6.42 Å². The third-order valence-corrected chi connectivity index (χ3v) is 4.90. The summed E-state index contributed by atoms with van der Waals surface area (Å²) in [5, 5.41) is 15.6. The first-order valence-corrected chi connectivity index (χ1v) is 8.27. The number of aromatic nitrogens is 1. The zero-order valence-corrected chi connectivity index (χ0v) is 13.4. The minimum absolute atomic E-state index is 0.158. The topological polar surface area (TPSA) is 44.5 Å². The van der Waals surface area contributed by atoms with Crippen molar-refractivity contribution in [2.75, 3.05) is 0 Å². The van der Waals surface area contributed by atoms with E-state index in [0.29, 0.717) is 17.4 Å². The average molecular weight is 324 g/mol. The number of rotatable bonds is 2. The van der Waals surface area contributed by atoms with Crippen LogP contribution >= 0.6 is 0 Å². The van der Waals surface area contributed by atoms with Crippen molar-refractivity contribution >= 4 is 27.2 Å². The second-order valence-corrected chi connectivity index (χ2v) is 6.33. The summed E-state index contributed by atoms with van der Waals surface area (Å²) in [6.07, 6.45) is 0.348. The minimum atomic E-state index is -0.209. The Hall–Kier alpha value is -3.33. The van der Waals surface area contributed by atoms with E-state index in [2.05, 4.69) is 0 Å². The normalized spacial score (nSPS) is 11.7. The minimum Gasteiger partial charge on any atom is -0.872 e. The molecule has 25 heavy (non-hydrogen) atoms. The SMILES string of the molecule is O=c1c(Cc2ccccc2)c([O-])c2cccc3c4ccccc4n1c23. The highest BCUT2D eigenvalue weighted by Crippen LogP contribution is 2.34. The summed E-state index contributed by atoms with van der Waals surface area (Å²) in [6, 6.07) is 23.1. The number of hydrogen-bond acceptors (Lipinski definition) is 2.